The van der Waals surface area contributed by atoms with Gasteiger partial charge in [-0.1, -0.05) is 18.2 Å². The molecule has 5 heteroatoms. The van der Waals surface area contributed by atoms with Gasteiger partial charge in [0.25, 0.3) is 0 Å². The summed E-state index contributed by atoms with van der Waals surface area (Å²) in [5.41, 5.74) is 6.25. The predicted molar refractivity (Wildman–Crippen MR) is 72.2 cm³/mol. The summed E-state index contributed by atoms with van der Waals surface area (Å²) in [6.07, 6.45) is 0.246. The van der Waals surface area contributed by atoms with Gasteiger partial charge in [-0.25, -0.2) is 4.39 Å². The van der Waals surface area contributed by atoms with Crippen molar-refractivity contribution in [1.29, 1.82) is 0 Å². The highest BCUT2D eigenvalue weighted by Gasteiger charge is 2.11. The average molecular weight is 275 g/mol. The van der Waals surface area contributed by atoms with E-state index in [9.17, 15) is 9.18 Å². The maximum absolute atomic E-state index is 13.0. The van der Waals surface area contributed by atoms with E-state index in [1.807, 2.05) is 0 Å². The van der Waals surface area contributed by atoms with Crippen LogP contribution in [-0.2, 0) is 11.2 Å². The van der Waals surface area contributed by atoms with Crippen LogP contribution in [0.2, 0.25) is 0 Å². The van der Waals surface area contributed by atoms with Crippen molar-refractivity contribution in [3.8, 4) is 11.5 Å². The molecule has 0 aliphatic heterocycles. The highest BCUT2D eigenvalue weighted by molar-refractivity contribution is 5.73. The van der Waals surface area contributed by atoms with E-state index >= 15 is 0 Å². The molecule has 0 unspecified atom stereocenters. The molecular formula is C15H14FNO3. The molecule has 1 atom stereocenters. The van der Waals surface area contributed by atoms with Gasteiger partial charge in [0.1, 0.15) is 23.4 Å². The Morgan fingerprint density at radius 1 is 1.20 bits per heavy atom. The third-order valence-electron chi connectivity index (χ3n) is 2.73. The molecule has 0 bridgehead atoms. The first-order valence-electron chi connectivity index (χ1n) is 6.05. The molecule has 20 heavy (non-hydrogen) atoms. The monoisotopic (exact) mass is 275 g/mol. The summed E-state index contributed by atoms with van der Waals surface area (Å²) < 4.78 is 18.5. The molecule has 0 heterocycles. The molecule has 4 nitrogen and oxygen atoms in total. The number of carboxylic acids is 1. The fourth-order valence-electron chi connectivity index (χ4n) is 1.70. The predicted octanol–water partition coefficient (Wildman–Crippen LogP) is 2.57. The summed E-state index contributed by atoms with van der Waals surface area (Å²) in [6.45, 7) is 0. The van der Waals surface area contributed by atoms with Gasteiger partial charge in [0.2, 0.25) is 0 Å². The SMILES string of the molecule is N[C@@H](Cc1ccc(Oc2cccc(F)c2)cc1)C(=O)O. The molecule has 2 aromatic rings. The van der Waals surface area contributed by atoms with Crippen LogP contribution in [0.3, 0.4) is 0 Å². The van der Waals surface area contributed by atoms with Crippen LogP contribution in [0.4, 0.5) is 4.39 Å². The summed E-state index contributed by atoms with van der Waals surface area (Å²) in [7, 11) is 0. The van der Waals surface area contributed by atoms with Crippen molar-refractivity contribution in [1.82, 2.24) is 0 Å². The first-order chi connectivity index (χ1) is 9.54. The minimum atomic E-state index is -1.04. The molecular weight excluding hydrogens is 261 g/mol. The topological polar surface area (TPSA) is 72.5 Å². The van der Waals surface area contributed by atoms with Gasteiger partial charge >= 0.3 is 5.97 Å². The van der Waals surface area contributed by atoms with Crippen LogP contribution in [0.25, 0.3) is 0 Å². The molecule has 0 aliphatic carbocycles. The summed E-state index contributed by atoms with van der Waals surface area (Å²) >= 11 is 0. The molecule has 2 aromatic carbocycles. The van der Waals surface area contributed by atoms with Gasteiger partial charge in [-0.3, -0.25) is 4.79 Å². The number of ether oxygens (including phenoxy) is 1. The number of hydrogen-bond acceptors (Lipinski definition) is 3. The van der Waals surface area contributed by atoms with Crippen molar-refractivity contribution < 1.29 is 19.0 Å². The van der Waals surface area contributed by atoms with Crippen LogP contribution in [0.1, 0.15) is 5.56 Å². The van der Waals surface area contributed by atoms with Crippen molar-refractivity contribution in [2.75, 3.05) is 0 Å². The van der Waals surface area contributed by atoms with E-state index in [0.717, 1.165) is 5.56 Å². The van der Waals surface area contributed by atoms with Crippen molar-refractivity contribution in [3.63, 3.8) is 0 Å². The van der Waals surface area contributed by atoms with E-state index in [1.54, 1.807) is 36.4 Å². The Kier molecular flexibility index (Phi) is 4.32. The Morgan fingerprint density at radius 2 is 1.90 bits per heavy atom. The lowest BCUT2D eigenvalue weighted by Gasteiger charge is -2.08. The van der Waals surface area contributed by atoms with Crippen LogP contribution in [0.15, 0.2) is 48.5 Å². The highest BCUT2D eigenvalue weighted by atomic mass is 19.1. The quantitative estimate of drug-likeness (QED) is 0.879. The molecule has 2 rings (SSSR count). The van der Waals surface area contributed by atoms with Crippen LogP contribution < -0.4 is 10.5 Å². The molecule has 0 amide bonds. The number of nitrogens with two attached hydrogens (primary N) is 1. The summed E-state index contributed by atoms with van der Waals surface area (Å²) in [5, 5.41) is 8.73. The summed E-state index contributed by atoms with van der Waals surface area (Å²) in [5.74, 6) is -0.458. The Balaban J connectivity index is 2.03. The van der Waals surface area contributed by atoms with E-state index in [-0.39, 0.29) is 12.2 Å². The summed E-state index contributed by atoms with van der Waals surface area (Å²) in [4.78, 5) is 10.7. The van der Waals surface area contributed by atoms with Gasteiger partial charge in [0, 0.05) is 6.07 Å². The van der Waals surface area contributed by atoms with Crippen LogP contribution in [0.5, 0.6) is 11.5 Å². The van der Waals surface area contributed by atoms with E-state index in [1.165, 1.54) is 12.1 Å². The lowest BCUT2D eigenvalue weighted by atomic mass is 10.1. The third kappa shape index (κ3) is 3.80. The average Bonchev–Trinajstić information content (AvgIpc) is 2.41. The largest absolute Gasteiger partial charge is 0.480 e. The fraction of sp³-hybridized carbons (Fsp3) is 0.133. The lowest BCUT2D eigenvalue weighted by Crippen LogP contribution is -2.32. The van der Waals surface area contributed by atoms with Crippen molar-refractivity contribution >= 4 is 5.97 Å². The molecule has 3 N–H and O–H groups in total. The van der Waals surface area contributed by atoms with Crippen molar-refractivity contribution in [2.24, 2.45) is 5.73 Å². The number of rotatable bonds is 5. The van der Waals surface area contributed by atoms with E-state index in [0.29, 0.717) is 11.5 Å². The second kappa shape index (κ2) is 6.16. The Labute approximate surface area is 115 Å². The minimum absolute atomic E-state index is 0.246. The number of hydrogen-bond donors (Lipinski definition) is 2. The van der Waals surface area contributed by atoms with Crippen LogP contribution in [0, 0.1) is 5.82 Å². The zero-order valence-corrected chi connectivity index (χ0v) is 10.6. The van der Waals surface area contributed by atoms with Crippen molar-refractivity contribution in [3.05, 3.63) is 59.9 Å². The number of aliphatic carboxylic acids is 1. The first-order valence-corrected chi connectivity index (χ1v) is 6.05. The van der Waals surface area contributed by atoms with E-state index in [4.69, 9.17) is 15.6 Å². The third-order valence-corrected chi connectivity index (χ3v) is 2.73. The Hall–Kier alpha value is -2.40. The second-order valence-electron chi connectivity index (χ2n) is 4.35. The molecule has 104 valence electrons. The van der Waals surface area contributed by atoms with Gasteiger partial charge in [-0.05, 0) is 36.2 Å². The smallest absolute Gasteiger partial charge is 0.320 e. The molecule has 0 saturated heterocycles. The molecule has 0 aliphatic rings. The highest BCUT2D eigenvalue weighted by Crippen LogP contribution is 2.22. The zero-order chi connectivity index (χ0) is 14.5. The number of halogens is 1. The van der Waals surface area contributed by atoms with Crippen LogP contribution in [-0.4, -0.2) is 17.1 Å². The standard InChI is InChI=1S/C15H14FNO3/c16-11-2-1-3-13(9-11)20-12-6-4-10(5-7-12)8-14(17)15(18)19/h1-7,9,14H,8,17H2,(H,18,19)/t14-/m0/s1. The number of carbonyl (C=O) groups is 1. The molecule has 0 fully saturated rings. The van der Waals surface area contributed by atoms with E-state index < -0.39 is 12.0 Å². The van der Waals surface area contributed by atoms with Crippen molar-refractivity contribution in [2.45, 2.75) is 12.5 Å². The number of carboxylic acid groups (broad SMARTS) is 1. The molecule has 0 aromatic heterocycles. The molecule has 0 radical (unpaired) electrons. The van der Waals surface area contributed by atoms with Gasteiger partial charge < -0.3 is 15.6 Å². The second-order valence-corrected chi connectivity index (χ2v) is 4.35. The van der Waals surface area contributed by atoms with Gasteiger partial charge in [-0.15, -0.1) is 0 Å². The van der Waals surface area contributed by atoms with Gasteiger partial charge in [0.15, 0.2) is 0 Å². The molecule has 0 spiro atoms. The number of benzene rings is 2. The van der Waals surface area contributed by atoms with Crippen LogP contribution >= 0.6 is 0 Å². The normalized spacial score (nSPS) is 11.9. The first kappa shape index (κ1) is 14.0. The Morgan fingerprint density at radius 3 is 2.50 bits per heavy atom. The molecule has 0 saturated carbocycles. The zero-order valence-electron chi connectivity index (χ0n) is 10.6. The summed E-state index contributed by atoms with van der Waals surface area (Å²) in [6, 6.07) is 11.8. The van der Waals surface area contributed by atoms with Gasteiger partial charge in [-0.2, -0.15) is 0 Å². The van der Waals surface area contributed by atoms with Gasteiger partial charge in [0.05, 0.1) is 0 Å². The Bertz CT molecular complexity index is 598. The fourth-order valence-corrected chi connectivity index (χ4v) is 1.70. The minimum Gasteiger partial charge on any atom is -0.480 e. The maximum atomic E-state index is 13.0. The van der Waals surface area contributed by atoms with E-state index in [2.05, 4.69) is 0 Å². The lowest BCUT2D eigenvalue weighted by molar-refractivity contribution is -0.138. The maximum Gasteiger partial charge on any atom is 0.320 e.